The second-order valence-corrected chi connectivity index (χ2v) is 6.73. The molecule has 25 heavy (non-hydrogen) atoms. The molecule has 0 unspecified atom stereocenters. The Hall–Kier alpha value is -1.66. The van der Waals surface area contributed by atoms with E-state index in [4.69, 9.17) is 15.2 Å². The van der Waals surface area contributed by atoms with E-state index >= 15 is 0 Å². The van der Waals surface area contributed by atoms with E-state index < -0.39 is 30.1 Å². The van der Waals surface area contributed by atoms with Crippen molar-refractivity contribution in [1.29, 1.82) is 0 Å². The number of H-pyrrole nitrogens is 1. The summed E-state index contributed by atoms with van der Waals surface area (Å²) in [5.41, 5.74) is 5.34. The van der Waals surface area contributed by atoms with Crippen LogP contribution in [-0.4, -0.2) is 73.3 Å². The molecule has 5 N–H and O–H groups in total. The Morgan fingerprint density at radius 1 is 1.48 bits per heavy atom. The van der Waals surface area contributed by atoms with Crippen LogP contribution in [-0.2, 0) is 9.47 Å². The van der Waals surface area contributed by atoms with Crippen molar-refractivity contribution in [3.63, 3.8) is 0 Å². The first kappa shape index (κ1) is 18.1. The Morgan fingerprint density at radius 3 is 3.04 bits per heavy atom. The molecule has 1 aliphatic heterocycles. The van der Waals surface area contributed by atoms with Crippen LogP contribution in [0.15, 0.2) is 11.1 Å². The van der Waals surface area contributed by atoms with Crippen molar-refractivity contribution < 1.29 is 19.7 Å². The topological polar surface area (TPSA) is 149 Å². The summed E-state index contributed by atoms with van der Waals surface area (Å²) in [6.07, 6.45) is 0.288. The van der Waals surface area contributed by atoms with Crippen LogP contribution in [0, 0.1) is 0 Å². The third kappa shape index (κ3) is 3.65. The van der Waals surface area contributed by atoms with Crippen LogP contribution in [0.5, 0.6) is 0 Å². The molecule has 1 aliphatic rings. The second-order valence-electron chi connectivity index (χ2n) is 5.74. The van der Waals surface area contributed by atoms with Gasteiger partial charge in [0.1, 0.15) is 18.3 Å². The number of nitrogens with one attached hydrogen (secondary N) is 1. The van der Waals surface area contributed by atoms with Gasteiger partial charge in [-0.1, -0.05) is 0 Å². The third-order valence-electron chi connectivity index (χ3n) is 3.98. The molecule has 0 aromatic carbocycles. The number of hydrogen-bond donors (Lipinski definition) is 4. The molecule has 0 bridgehead atoms. The number of rotatable bonds is 7. The number of nitrogens with two attached hydrogens (primary N) is 1. The van der Waals surface area contributed by atoms with Crippen molar-refractivity contribution in [2.75, 3.05) is 31.0 Å². The number of ether oxygens (including phenoxy) is 2. The van der Waals surface area contributed by atoms with Gasteiger partial charge in [0.05, 0.1) is 12.9 Å². The molecule has 0 aliphatic carbocycles. The van der Waals surface area contributed by atoms with Crippen molar-refractivity contribution in [2.24, 2.45) is 0 Å². The molecule has 4 atom stereocenters. The predicted molar refractivity (Wildman–Crippen MR) is 92.3 cm³/mol. The van der Waals surface area contributed by atoms with Gasteiger partial charge in [-0.15, -0.1) is 0 Å². The second kappa shape index (κ2) is 7.70. The molecule has 0 amide bonds. The number of aromatic nitrogens is 4. The van der Waals surface area contributed by atoms with Gasteiger partial charge in [-0.05, 0) is 18.4 Å². The highest BCUT2D eigenvalue weighted by Crippen LogP contribution is 2.31. The van der Waals surface area contributed by atoms with Crippen molar-refractivity contribution in [1.82, 2.24) is 19.5 Å². The summed E-state index contributed by atoms with van der Waals surface area (Å²) in [5.74, 6) is 0.920. The number of fused-ring (bicyclic) bond motifs is 1. The van der Waals surface area contributed by atoms with Gasteiger partial charge >= 0.3 is 0 Å². The molecule has 3 rings (SSSR count). The van der Waals surface area contributed by atoms with Crippen molar-refractivity contribution in [3.8, 4) is 0 Å². The molecule has 0 saturated carbocycles. The van der Waals surface area contributed by atoms with Gasteiger partial charge in [0.2, 0.25) is 5.95 Å². The Kier molecular flexibility index (Phi) is 5.59. The van der Waals surface area contributed by atoms with E-state index in [-0.39, 0.29) is 23.7 Å². The SMILES string of the molecule is CSCCCOC[C@H]1O[C@@H](n2cnc3c(=O)[nH]c(N)nc32)[C@H](O)[C@@H]1O. The van der Waals surface area contributed by atoms with E-state index in [9.17, 15) is 15.0 Å². The van der Waals surface area contributed by atoms with Crippen LogP contribution in [0.2, 0.25) is 0 Å². The highest BCUT2D eigenvalue weighted by molar-refractivity contribution is 7.98. The minimum Gasteiger partial charge on any atom is -0.387 e. The van der Waals surface area contributed by atoms with Crippen LogP contribution < -0.4 is 11.3 Å². The average molecular weight is 371 g/mol. The lowest BCUT2D eigenvalue weighted by atomic mass is 10.1. The van der Waals surface area contributed by atoms with Gasteiger partial charge in [0.15, 0.2) is 17.4 Å². The van der Waals surface area contributed by atoms with Gasteiger partial charge in [-0.2, -0.15) is 16.7 Å². The summed E-state index contributed by atoms with van der Waals surface area (Å²) in [6, 6.07) is 0. The molecule has 11 heteroatoms. The minimum atomic E-state index is -1.21. The zero-order chi connectivity index (χ0) is 18.0. The number of aromatic amines is 1. The largest absolute Gasteiger partial charge is 0.387 e. The molecular formula is C14H21N5O5S. The average Bonchev–Trinajstić information content (AvgIpc) is 3.11. The van der Waals surface area contributed by atoms with Crippen molar-refractivity contribution >= 4 is 28.9 Å². The summed E-state index contributed by atoms with van der Waals surface area (Å²) in [5, 5.41) is 20.5. The van der Waals surface area contributed by atoms with E-state index in [1.807, 2.05) is 6.26 Å². The van der Waals surface area contributed by atoms with Gasteiger partial charge in [-0.25, -0.2) is 4.98 Å². The van der Waals surface area contributed by atoms with Crippen LogP contribution in [0.25, 0.3) is 11.2 Å². The number of nitrogens with zero attached hydrogens (tertiary/aromatic N) is 3. The first-order valence-corrected chi connectivity index (χ1v) is 9.23. The summed E-state index contributed by atoms with van der Waals surface area (Å²) < 4.78 is 12.6. The fourth-order valence-corrected chi connectivity index (χ4v) is 3.14. The molecule has 2 aromatic heterocycles. The fourth-order valence-electron chi connectivity index (χ4n) is 2.73. The van der Waals surface area contributed by atoms with Crippen molar-refractivity contribution in [2.45, 2.75) is 31.0 Å². The molecule has 10 nitrogen and oxygen atoms in total. The number of imidazole rings is 1. The maximum atomic E-state index is 11.8. The van der Waals surface area contributed by atoms with Crippen LogP contribution in [0.1, 0.15) is 12.6 Å². The van der Waals surface area contributed by atoms with Gasteiger partial charge in [-0.3, -0.25) is 14.3 Å². The van der Waals surface area contributed by atoms with Crippen LogP contribution in [0.3, 0.4) is 0 Å². The molecule has 1 saturated heterocycles. The number of aliphatic hydroxyl groups is 2. The predicted octanol–water partition coefficient (Wildman–Crippen LogP) is -0.909. The van der Waals surface area contributed by atoms with Crippen LogP contribution in [0.4, 0.5) is 5.95 Å². The first-order chi connectivity index (χ1) is 12.0. The molecule has 0 radical (unpaired) electrons. The monoisotopic (exact) mass is 371 g/mol. The molecule has 138 valence electrons. The Balaban J connectivity index is 1.74. The summed E-state index contributed by atoms with van der Waals surface area (Å²) in [6.45, 7) is 0.710. The summed E-state index contributed by atoms with van der Waals surface area (Å²) in [7, 11) is 0. The first-order valence-electron chi connectivity index (χ1n) is 7.83. The summed E-state index contributed by atoms with van der Waals surface area (Å²) >= 11 is 1.73. The minimum absolute atomic E-state index is 0.0686. The van der Waals surface area contributed by atoms with Crippen LogP contribution >= 0.6 is 11.8 Å². The van der Waals surface area contributed by atoms with Crippen molar-refractivity contribution in [3.05, 3.63) is 16.7 Å². The number of thioether (sulfide) groups is 1. The van der Waals surface area contributed by atoms with Gasteiger partial charge < -0.3 is 25.4 Å². The van der Waals surface area contributed by atoms with E-state index in [1.165, 1.54) is 10.9 Å². The Morgan fingerprint density at radius 2 is 2.28 bits per heavy atom. The van der Waals surface area contributed by atoms with E-state index in [1.54, 1.807) is 11.8 Å². The Labute approximate surface area is 147 Å². The Bertz CT molecular complexity index is 781. The lowest BCUT2D eigenvalue weighted by Crippen LogP contribution is -2.34. The van der Waals surface area contributed by atoms with E-state index in [0.29, 0.717) is 6.61 Å². The lowest BCUT2D eigenvalue weighted by molar-refractivity contribution is -0.0651. The molecular weight excluding hydrogens is 350 g/mol. The van der Waals surface area contributed by atoms with Gasteiger partial charge in [0, 0.05) is 6.61 Å². The van der Waals surface area contributed by atoms with E-state index in [2.05, 4.69) is 15.0 Å². The third-order valence-corrected chi connectivity index (χ3v) is 4.68. The number of aliphatic hydroxyl groups excluding tert-OH is 2. The number of hydrogen-bond acceptors (Lipinski definition) is 9. The normalized spacial score (nSPS) is 26.5. The summed E-state index contributed by atoms with van der Waals surface area (Å²) in [4.78, 5) is 22.2. The zero-order valence-electron chi connectivity index (χ0n) is 13.7. The standard InChI is InChI=1S/C14H21N5O5S/c1-25-4-2-3-23-5-7-9(20)10(21)13(24-7)19-6-16-8-11(19)17-14(15)18-12(8)22/h6-7,9-10,13,20-21H,2-5H2,1H3,(H3,15,17,18,22)/t7-,9-,10-,13-/m1/s1. The highest BCUT2D eigenvalue weighted by atomic mass is 32.2. The smallest absolute Gasteiger partial charge is 0.280 e. The molecule has 0 spiro atoms. The van der Waals surface area contributed by atoms with Gasteiger partial charge in [0.25, 0.3) is 5.56 Å². The molecule has 2 aromatic rings. The number of anilines is 1. The maximum absolute atomic E-state index is 11.8. The van der Waals surface area contributed by atoms with E-state index in [0.717, 1.165) is 12.2 Å². The molecule has 3 heterocycles. The fraction of sp³-hybridized carbons (Fsp3) is 0.643. The zero-order valence-corrected chi connectivity index (χ0v) is 14.5. The molecule has 1 fully saturated rings. The quantitative estimate of drug-likeness (QED) is 0.454. The number of nitrogen functional groups attached to an aromatic ring is 1. The maximum Gasteiger partial charge on any atom is 0.280 e. The lowest BCUT2D eigenvalue weighted by Gasteiger charge is -2.16. The highest BCUT2D eigenvalue weighted by Gasteiger charge is 2.44.